The Hall–Kier alpha value is -1.04. The van der Waals surface area contributed by atoms with Crippen molar-refractivity contribution in [2.45, 2.75) is 32.8 Å². The molecule has 1 atom stereocenters. The highest BCUT2D eigenvalue weighted by Gasteiger charge is 2.41. The van der Waals surface area contributed by atoms with Gasteiger partial charge in [0.1, 0.15) is 11.8 Å². The molecule has 0 unspecified atom stereocenters. The second-order valence-electron chi connectivity index (χ2n) is 6.18. The smallest absolute Gasteiger partial charge is 0.175 e. The Kier molecular flexibility index (Phi) is 5.29. The predicted molar refractivity (Wildman–Crippen MR) is 93.9 cm³/mol. The van der Waals surface area contributed by atoms with E-state index in [0.29, 0.717) is 19.1 Å². The van der Waals surface area contributed by atoms with E-state index in [1.165, 1.54) is 4.90 Å². The van der Waals surface area contributed by atoms with E-state index in [9.17, 15) is 5.11 Å². The predicted octanol–water partition coefficient (Wildman–Crippen LogP) is 2.26. The molecule has 4 rings (SSSR count). The van der Waals surface area contributed by atoms with Crippen molar-refractivity contribution in [2.24, 2.45) is 5.92 Å². The molecule has 23 heavy (non-hydrogen) atoms. The Morgan fingerprint density at radius 3 is 2.52 bits per heavy atom. The molecule has 0 aliphatic carbocycles. The summed E-state index contributed by atoms with van der Waals surface area (Å²) in [6.07, 6.45) is 4.07. The largest absolute Gasteiger partial charge is 0.490 e. The third-order valence-electron chi connectivity index (χ3n) is 4.75. The van der Waals surface area contributed by atoms with Gasteiger partial charge < -0.3 is 19.5 Å². The van der Waals surface area contributed by atoms with Gasteiger partial charge >= 0.3 is 0 Å². The molecular formula is C18H25BrNO3+. The zero-order chi connectivity index (χ0) is 16.4. The van der Waals surface area contributed by atoms with E-state index in [0.717, 1.165) is 53.2 Å². The molecule has 1 aromatic carbocycles. The number of benzene rings is 1. The van der Waals surface area contributed by atoms with Gasteiger partial charge in [0.2, 0.25) is 0 Å². The Labute approximate surface area is 146 Å². The highest BCUT2D eigenvalue weighted by atomic mass is 79.9. The normalized spacial score (nSPS) is 28.2. The minimum Gasteiger partial charge on any atom is -0.490 e. The van der Waals surface area contributed by atoms with Crippen molar-refractivity contribution in [3.8, 4) is 11.5 Å². The van der Waals surface area contributed by atoms with E-state index in [-0.39, 0.29) is 6.10 Å². The van der Waals surface area contributed by atoms with Crippen LogP contribution in [-0.4, -0.2) is 37.5 Å². The second-order valence-corrected chi connectivity index (χ2v) is 7.04. The fourth-order valence-electron chi connectivity index (χ4n) is 3.64. The maximum absolute atomic E-state index is 10.5. The van der Waals surface area contributed by atoms with Gasteiger partial charge in [0.25, 0.3) is 0 Å². The first kappa shape index (κ1) is 16.8. The molecular weight excluding hydrogens is 358 g/mol. The third-order valence-corrected chi connectivity index (χ3v) is 5.34. The molecule has 2 N–H and O–H groups in total. The number of nitrogens with one attached hydrogen (secondary N) is 1. The molecule has 3 heterocycles. The van der Waals surface area contributed by atoms with Crippen LogP contribution in [-0.2, 0) is 0 Å². The number of piperidine rings is 3. The maximum atomic E-state index is 10.5. The summed E-state index contributed by atoms with van der Waals surface area (Å²) in [7, 11) is 0. The summed E-state index contributed by atoms with van der Waals surface area (Å²) in [5, 5.41) is 10.5. The minimum atomic E-state index is -0.312. The van der Waals surface area contributed by atoms with Gasteiger partial charge in [0.05, 0.1) is 30.8 Å². The maximum Gasteiger partial charge on any atom is 0.175 e. The highest BCUT2D eigenvalue weighted by Crippen LogP contribution is 2.38. The molecule has 0 spiro atoms. The van der Waals surface area contributed by atoms with Crippen LogP contribution in [0.3, 0.4) is 0 Å². The van der Waals surface area contributed by atoms with E-state index < -0.39 is 0 Å². The Bertz CT molecular complexity index is 590. The summed E-state index contributed by atoms with van der Waals surface area (Å²) in [6.45, 7) is 7.37. The fourth-order valence-corrected chi connectivity index (χ4v) is 4.22. The van der Waals surface area contributed by atoms with Crippen molar-refractivity contribution >= 4 is 22.0 Å². The van der Waals surface area contributed by atoms with Crippen molar-refractivity contribution in [3.05, 3.63) is 27.9 Å². The lowest BCUT2D eigenvalue weighted by atomic mass is 9.83. The van der Waals surface area contributed by atoms with Crippen molar-refractivity contribution in [2.75, 3.05) is 26.3 Å². The average molecular weight is 383 g/mol. The number of ether oxygens (including phenoxy) is 2. The zero-order valence-electron chi connectivity index (χ0n) is 13.8. The zero-order valence-corrected chi connectivity index (χ0v) is 15.4. The number of hydrogen-bond donors (Lipinski definition) is 2. The number of halogens is 1. The van der Waals surface area contributed by atoms with Crippen LogP contribution in [0.4, 0.5) is 0 Å². The number of fused-ring (bicyclic) bond motifs is 3. The van der Waals surface area contributed by atoms with Crippen molar-refractivity contribution in [1.82, 2.24) is 0 Å². The Morgan fingerprint density at radius 1 is 1.22 bits per heavy atom. The molecule has 3 aliphatic heterocycles. The van der Waals surface area contributed by atoms with Crippen LogP contribution in [0, 0.1) is 5.92 Å². The van der Waals surface area contributed by atoms with Crippen LogP contribution in [0.15, 0.2) is 22.3 Å². The van der Waals surface area contributed by atoms with Gasteiger partial charge in [0, 0.05) is 24.8 Å². The van der Waals surface area contributed by atoms with Crippen molar-refractivity contribution in [3.63, 3.8) is 0 Å². The fraction of sp³-hybridized carbons (Fsp3) is 0.556. The number of rotatable bonds is 5. The topological polar surface area (TPSA) is 43.1 Å². The molecule has 1 aromatic rings. The van der Waals surface area contributed by atoms with Gasteiger partial charge in [-0.2, -0.15) is 0 Å². The van der Waals surface area contributed by atoms with Crippen LogP contribution in [0.5, 0.6) is 11.5 Å². The van der Waals surface area contributed by atoms with Gasteiger partial charge in [-0.3, -0.25) is 0 Å². The van der Waals surface area contributed by atoms with E-state index in [1.807, 2.05) is 26.0 Å². The standard InChI is InChI=1S/C18H24BrNO3/c1-3-22-16-11-12(9-14(19)18(16)23-4-2)10-15-17(21)13-5-7-20(15)8-6-13/h9-11,13,17,21H,3-8H2,1-2H3/p+1/b15-10+/t17-/m1/s1. The van der Waals surface area contributed by atoms with E-state index >= 15 is 0 Å². The van der Waals surface area contributed by atoms with Crippen molar-refractivity contribution in [1.29, 1.82) is 0 Å². The average Bonchev–Trinajstić information content (AvgIpc) is 2.55. The quantitative estimate of drug-likeness (QED) is 0.820. The number of hydrogen-bond acceptors (Lipinski definition) is 3. The van der Waals surface area contributed by atoms with E-state index in [1.54, 1.807) is 0 Å². The summed E-state index contributed by atoms with van der Waals surface area (Å²) in [4.78, 5) is 1.42. The molecule has 126 valence electrons. The molecule has 2 bridgehead atoms. The number of aliphatic hydroxyl groups excluding tert-OH is 1. The second kappa shape index (κ2) is 7.24. The molecule has 0 aromatic heterocycles. The lowest BCUT2D eigenvalue weighted by molar-refractivity contribution is -0.880. The van der Waals surface area contributed by atoms with Crippen molar-refractivity contribution < 1.29 is 19.5 Å². The van der Waals surface area contributed by atoms with E-state index in [2.05, 4.69) is 22.0 Å². The molecule has 5 heteroatoms. The molecule has 0 saturated carbocycles. The molecule has 4 nitrogen and oxygen atoms in total. The first-order valence-electron chi connectivity index (χ1n) is 8.47. The number of aliphatic hydroxyl groups is 1. The van der Waals surface area contributed by atoms with Gasteiger partial charge in [-0.15, -0.1) is 0 Å². The van der Waals surface area contributed by atoms with Crippen LogP contribution in [0.1, 0.15) is 32.3 Å². The van der Waals surface area contributed by atoms with Crippen LogP contribution in [0.25, 0.3) is 6.08 Å². The van der Waals surface area contributed by atoms with E-state index in [4.69, 9.17) is 9.47 Å². The molecule has 3 saturated heterocycles. The van der Waals surface area contributed by atoms with Gasteiger partial charge in [-0.05, 0) is 47.5 Å². The van der Waals surface area contributed by atoms with Gasteiger partial charge in [-0.25, -0.2) is 0 Å². The SMILES string of the molecule is CCOc1cc(/C=C2\[C@H](O)C3CC[NH+]2CC3)cc(Br)c1OCC. The molecule has 0 radical (unpaired) electrons. The Balaban J connectivity index is 1.95. The first-order valence-corrected chi connectivity index (χ1v) is 9.27. The van der Waals surface area contributed by atoms with Gasteiger partial charge in [-0.1, -0.05) is 0 Å². The minimum absolute atomic E-state index is 0.312. The lowest BCUT2D eigenvalue weighted by Gasteiger charge is -2.41. The molecule has 3 fully saturated rings. The monoisotopic (exact) mass is 382 g/mol. The number of quaternary nitrogens is 1. The summed E-state index contributed by atoms with van der Waals surface area (Å²) >= 11 is 3.59. The first-order chi connectivity index (χ1) is 11.1. The summed E-state index contributed by atoms with van der Waals surface area (Å²) in [6, 6.07) is 4.04. The van der Waals surface area contributed by atoms with Crippen LogP contribution in [0.2, 0.25) is 0 Å². The molecule has 0 amide bonds. The third kappa shape index (κ3) is 3.42. The summed E-state index contributed by atoms with van der Waals surface area (Å²) in [5.74, 6) is 1.92. The molecule has 3 aliphatic rings. The van der Waals surface area contributed by atoms with Gasteiger partial charge in [0.15, 0.2) is 11.5 Å². The summed E-state index contributed by atoms with van der Waals surface area (Å²) < 4.78 is 12.3. The van der Waals surface area contributed by atoms with Crippen LogP contribution >= 0.6 is 15.9 Å². The Morgan fingerprint density at radius 2 is 1.91 bits per heavy atom. The highest BCUT2D eigenvalue weighted by molar-refractivity contribution is 9.10. The summed E-state index contributed by atoms with van der Waals surface area (Å²) in [5.41, 5.74) is 2.16. The lowest BCUT2D eigenvalue weighted by Crippen LogP contribution is -3.14. The van der Waals surface area contributed by atoms with Crippen LogP contribution < -0.4 is 14.4 Å².